The Kier molecular flexibility index (Phi) is 5.30. The zero-order valence-electron chi connectivity index (χ0n) is 12.8. The third-order valence-corrected chi connectivity index (χ3v) is 6.24. The second-order valence-electron chi connectivity index (χ2n) is 5.48. The zero-order valence-corrected chi connectivity index (χ0v) is 15.3. The molecule has 1 aliphatic rings. The van der Waals surface area contributed by atoms with Gasteiger partial charge in [-0.3, -0.25) is 4.90 Å². The van der Waals surface area contributed by atoms with Gasteiger partial charge in [-0.2, -0.15) is 5.10 Å². The second kappa shape index (κ2) is 7.23. The molecule has 0 N–H and O–H groups in total. The molecule has 0 radical (unpaired) electrons. The van der Waals surface area contributed by atoms with Gasteiger partial charge in [-0.05, 0) is 31.1 Å². The number of benzene rings is 1. The highest BCUT2D eigenvalue weighted by Gasteiger charge is 2.27. The molecule has 0 spiro atoms. The molecule has 7 heteroatoms. The summed E-state index contributed by atoms with van der Waals surface area (Å²) in [5.74, 6) is 0. The van der Waals surface area contributed by atoms with Crippen molar-refractivity contribution in [2.24, 2.45) is 0 Å². The number of aromatic nitrogens is 2. The highest BCUT2D eigenvalue weighted by molar-refractivity contribution is 8.00. The SMILES string of the molecule is CSc1nn(CN2CCN(C)CC2c2ccccc2)c(=S)s1. The van der Waals surface area contributed by atoms with Crippen LogP contribution in [0.25, 0.3) is 0 Å². The topological polar surface area (TPSA) is 24.3 Å². The Morgan fingerprint density at radius 2 is 2.09 bits per heavy atom. The Morgan fingerprint density at radius 1 is 1.32 bits per heavy atom. The molecule has 1 aromatic carbocycles. The fraction of sp³-hybridized carbons (Fsp3) is 0.467. The molecule has 3 rings (SSSR count). The van der Waals surface area contributed by atoms with Gasteiger partial charge in [0, 0.05) is 25.7 Å². The minimum Gasteiger partial charge on any atom is -0.303 e. The van der Waals surface area contributed by atoms with Crippen LogP contribution in [0.4, 0.5) is 0 Å². The van der Waals surface area contributed by atoms with Gasteiger partial charge in [-0.25, -0.2) is 4.68 Å². The molecule has 0 bridgehead atoms. The Morgan fingerprint density at radius 3 is 2.77 bits per heavy atom. The van der Waals surface area contributed by atoms with E-state index in [0.29, 0.717) is 6.04 Å². The molecule has 0 saturated carbocycles. The van der Waals surface area contributed by atoms with E-state index in [1.54, 1.807) is 23.1 Å². The maximum atomic E-state index is 5.45. The van der Waals surface area contributed by atoms with Crippen LogP contribution < -0.4 is 0 Å². The van der Waals surface area contributed by atoms with Gasteiger partial charge in [-0.15, -0.1) is 0 Å². The fourth-order valence-corrected chi connectivity index (χ4v) is 4.49. The number of hydrogen-bond acceptors (Lipinski definition) is 6. The van der Waals surface area contributed by atoms with Crippen molar-refractivity contribution in [3.8, 4) is 0 Å². The van der Waals surface area contributed by atoms with Crippen LogP contribution in [-0.2, 0) is 6.67 Å². The van der Waals surface area contributed by atoms with Gasteiger partial charge in [0.15, 0.2) is 8.29 Å². The summed E-state index contributed by atoms with van der Waals surface area (Å²) in [6, 6.07) is 11.1. The predicted molar refractivity (Wildman–Crippen MR) is 96.1 cm³/mol. The van der Waals surface area contributed by atoms with Crippen LogP contribution >= 0.6 is 35.3 Å². The summed E-state index contributed by atoms with van der Waals surface area (Å²) in [7, 11) is 2.19. The van der Waals surface area contributed by atoms with E-state index in [9.17, 15) is 0 Å². The summed E-state index contributed by atoms with van der Waals surface area (Å²) in [6.07, 6.45) is 2.04. The molecule has 1 unspecified atom stereocenters. The molecular weight excluding hydrogens is 332 g/mol. The number of thioether (sulfide) groups is 1. The lowest BCUT2D eigenvalue weighted by Gasteiger charge is -2.40. The molecule has 0 amide bonds. The van der Waals surface area contributed by atoms with Crippen molar-refractivity contribution in [1.29, 1.82) is 0 Å². The Hall–Kier alpha value is -0.730. The number of rotatable bonds is 4. The molecule has 1 saturated heterocycles. The summed E-state index contributed by atoms with van der Waals surface area (Å²) in [5.41, 5.74) is 1.36. The monoisotopic (exact) mass is 352 g/mol. The quantitative estimate of drug-likeness (QED) is 0.621. The average Bonchev–Trinajstić information content (AvgIpc) is 2.90. The van der Waals surface area contributed by atoms with Crippen LogP contribution in [0.2, 0.25) is 0 Å². The smallest absolute Gasteiger partial charge is 0.181 e. The van der Waals surface area contributed by atoms with E-state index in [0.717, 1.165) is 34.6 Å². The van der Waals surface area contributed by atoms with Gasteiger partial charge < -0.3 is 4.90 Å². The van der Waals surface area contributed by atoms with Crippen LogP contribution in [0.15, 0.2) is 34.7 Å². The van der Waals surface area contributed by atoms with E-state index in [1.165, 1.54) is 5.56 Å². The van der Waals surface area contributed by atoms with E-state index in [1.807, 2.05) is 10.9 Å². The van der Waals surface area contributed by atoms with Gasteiger partial charge in [0.05, 0.1) is 6.67 Å². The Labute approximate surface area is 144 Å². The largest absolute Gasteiger partial charge is 0.303 e. The second-order valence-corrected chi connectivity index (χ2v) is 8.16. The van der Waals surface area contributed by atoms with Crippen molar-refractivity contribution in [2.45, 2.75) is 17.1 Å². The first kappa shape index (κ1) is 16.1. The first-order valence-corrected chi connectivity index (χ1v) is 9.72. The van der Waals surface area contributed by atoms with E-state index >= 15 is 0 Å². The van der Waals surface area contributed by atoms with Crippen LogP contribution in [0.1, 0.15) is 11.6 Å². The van der Waals surface area contributed by atoms with Crippen molar-refractivity contribution in [3.63, 3.8) is 0 Å². The van der Waals surface area contributed by atoms with Gasteiger partial charge in [0.1, 0.15) is 0 Å². The number of likely N-dealkylation sites (N-methyl/N-ethyl adjacent to an activating group) is 1. The third kappa shape index (κ3) is 3.60. The molecular formula is C15H20N4S3. The normalized spacial score (nSPS) is 20.4. The van der Waals surface area contributed by atoms with Crippen LogP contribution in [0.3, 0.4) is 0 Å². The number of hydrogen-bond donors (Lipinski definition) is 0. The Balaban J connectivity index is 1.83. The van der Waals surface area contributed by atoms with Crippen molar-refractivity contribution in [3.05, 3.63) is 39.8 Å². The standard InChI is InChI=1S/C15H20N4S3/c1-17-8-9-18(11-19-15(20)22-14(16-19)21-2)13(10-17)12-6-4-3-5-7-12/h3-7,13H,8-11H2,1-2H3. The van der Waals surface area contributed by atoms with Crippen molar-refractivity contribution in [1.82, 2.24) is 19.6 Å². The van der Waals surface area contributed by atoms with E-state index in [4.69, 9.17) is 12.2 Å². The minimum absolute atomic E-state index is 0.390. The fourth-order valence-electron chi connectivity index (χ4n) is 2.75. The summed E-state index contributed by atoms with van der Waals surface area (Å²) in [5, 5.41) is 4.61. The van der Waals surface area contributed by atoms with Crippen molar-refractivity contribution >= 4 is 35.3 Å². The summed E-state index contributed by atoms with van der Waals surface area (Å²) >= 11 is 8.70. The van der Waals surface area contributed by atoms with E-state index in [-0.39, 0.29) is 0 Å². The first-order valence-electron chi connectivity index (χ1n) is 7.27. The maximum Gasteiger partial charge on any atom is 0.181 e. The lowest BCUT2D eigenvalue weighted by Crippen LogP contribution is -2.47. The molecule has 1 fully saturated rings. The van der Waals surface area contributed by atoms with Crippen LogP contribution in [0.5, 0.6) is 0 Å². The van der Waals surface area contributed by atoms with Gasteiger partial charge in [0.2, 0.25) is 0 Å². The molecule has 2 heterocycles. The summed E-state index contributed by atoms with van der Waals surface area (Å²) in [4.78, 5) is 4.87. The zero-order chi connectivity index (χ0) is 15.5. The summed E-state index contributed by atoms with van der Waals surface area (Å²) in [6.45, 7) is 3.92. The highest BCUT2D eigenvalue weighted by Crippen LogP contribution is 2.26. The minimum atomic E-state index is 0.390. The van der Waals surface area contributed by atoms with E-state index in [2.05, 4.69) is 52.3 Å². The lowest BCUT2D eigenvalue weighted by molar-refractivity contribution is 0.0582. The molecule has 1 aromatic heterocycles. The highest BCUT2D eigenvalue weighted by atomic mass is 32.2. The maximum absolute atomic E-state index is 5.45. The first-order chi connectivity index (χ1) is 10.7. The van der Waals surface area contributed by atoms with Crippen LogP contribution in [0, 0.1) is 3.95 Å². The molecule has 4 nitrogen and oxygen atoms in total. The van der Waals surface area contributed by atoms with Crippen molar-refractivity contribution in [2.75, 3.05) is 32.9 Å². The molecule has 118 valence electrons. The van der Waals surface area contributed by atoms with Gasteiger partial charge >= 0.3 is 0 Å². The Bertz CT molecular complexity index is 667. The molecule has 1 aliphatic heterocycles. The predicted octanol–water partition coefficient (Wildman–Crippen LogP) is 3.34. The molecule has 1 atom stereocenters. The average molecular weight is 353 g/mol. The molecule has 0 aliphatic carbocycles. The lowest BCUT2D eigenvalue weighted by atomic mass is 10.0. The molecule has 22 heavy (non-hydrogen) atoms. The van der Waals surface area contributed by atoms with E-state index < -0.39 is 0 Å². The van der Waals surface area contributed by atoms with Crippen LogP contribution in [-0.4, -0.2) is 52.5 Å². The molecule has 2 aromatic rings. The van der Waals surface area contributed by atoms with Crippen molar-refractivity contribution < 1.29 is 0 Å². The van der Waals surface area contributed by atoms with Gasteiger partial charge in [-0.1, -0.05) is 53.4 Å². The third-order valence-electron chi connectivity index (χ3n) is 3.96. The summed E-state index contributed by atoms with van der Waals surface area (Å²) < 4.78 is 3.86. The number of nitrogens with zero attached hydrogens (tertiary/aromatic N) is 4. The number of piperazine rings is 1. The van der Waals surface area contributed by atoms with Gasteiger partial charge in [0.25, 0.3) is 0 Å².